The van der Waals surface area contributed by atoms with Crippen molar-refractivity contribution in [2.75, 3.05) is 49.5 Å². The number of fused-ring (bicyclic) bond motifs is 2. The van der Waals surface area contributed by atoms with Gasteiger partial charge in [-0.1, -0.05) is 78.9 Å². The second kappa shape index (κ2) is 14.4. The van der Waals surface area contributed by atoms with E-state index in [0.29, 0.717) is 53.6 Å². The molecule has 0 unspecified atom stereocenters. The Morgan fingerprint density at radius 3 is 1.98 bits per heavy atom. The van der Waals surface area contributed by atoms with Gasteiger partial charge in [0.25, 0.3) is 10.0 Å². The third-order valence-electron chi connectivity index (χ3n) is 9.85. The molecule has 1 aromatic heterocycles. The molecule has 1 atom stereocenters. The van der Waals surface area contributed by atoms with Gasteiger partial charge in [-0.15, -0.1) is 0 Å². The number of amides is 1. The fourth-order valence-electron chi connectivity index (χ4n) is 6.82. The summed E-state index contributed by atoms with van der Waals surface area (Å²) in [6, 6.07) is 35.0. The second-order valence-corrected chi connectivity index (χ2v) is 16.8. The zero-order valence-corrected chi connectivity index (χ0v) is 30.5. The summed E-state index contributed by atoms with van der Waals surface area (Å²) in [6.45, 7) is 2.10. The molecule has 12 heteroatoms. The lowest BCUT2D eigenvalue weighted by atomic mass is 10.0. The van der Waals surface area contributed by atoms with Crippen LogP contribution in [0.3, 0.4) is 0 Å². The fourth-order valence-corrected chi connectivity index (χ4v) is 9.75. The van der Waals surface area contributed by atoms with Crippen LogP contribution in [0, 0.1) is 0 Å². The topological polar surface area (TPSA) is 111 Å². The number of pyridine rings is 1. The average molecular weight is 734 g/mol. The molecule has 7 rings (SSSR count). The summed E-state index contributed by atoms with van der Waals surface area (Å²) in [4.78, 5) is 22.8. The van der Waals surface area contributed by atoms with Crippen LogP contribution in [0.2, 0.25) is 0 Å². The van der Waals surface area contributed by atoms with Gasteiger partial charge >= 0.3 is 0 Å². The fraction of sp³-hybridized carbons (Fsp3) is 0.200. The van der Waals surface area contributed by atoms with E-state index in [-0.39, 0.29) is 22.1 Å². The van der Waals surface area contributed by atoms with Crippen molar-refractivity contribution in [1.82, 2.24) is 14.2 Å². The highest BCUT2D eigenvalue weighted by Gasteiger charge is 2.37. The molecule has 0 aliphatic carbocycles. The van der Waals surface area contributed by atoms with Crippen molar-refractivity contribution >= 4 is 58.9 Å². The molecule has 10 nitrogen and oxygen atoms in total. The Labute approximate surface area is 304 Å². The van der Waals surface area contributed by atoms with Crippen molar-refractivity contribution in [3.05, 3.63) is 139 Å². The normalized spacial score (nSPS) is 14.5. The Kier molecular flexibility index (Phi) is 9.71. The maximum Gasteiger partial charge on any atom is 0.264 e. The van der Waals surface area contributed by atoms with E-state index in [0.717, 1.165) is 11.1 Å². The van der Waals surface area contributed by atoms with E-state index < -0.39 is 26.1 Å². The van der Waals surface area contributed by atoms with Crippen molar-refractivity contribution in [2.24, 2.45) is 0 Å². The Balaban J connectivity index is 1.17. The molecular weight excluding hydrogens is 695 g/mol. The number of benzene rings is 5. The summed E-state index contributed by atoms with van der Waals surface area (Å²) in [5, 5.41) is 2.65. The molecule has 52 heavy (non-hydrogen) atoms. The van der Waals surface area contributed by atoms with Crippen LogP contribution in [0.15, 0.2) is 144 Å². The molecule has 0 N–H and O–H groups in total. The Hall–Kier alpha value is -5.30. The lowest BCUT2D eigenvalue weighted by molar-refractivity contribution is -0.135. The highest BCUT2D eigenvalue weighted by molar-refractivity contribution is 7.93. The van der Waals surface area contributed by atoms with E-state index in [4.69, 9.17) is 0 Å². The number of hydrogen-bond acceptors (Lipinski definition) is 7. The number of sulfonamides is 2. The first kappa shape index (κ1) is 35.1. The third kappa shape index (κ3) is 6.72. The van der Waals surface area contributed by atoms with Crippen LogP contribution < -0.4 is 9.21 Å². The molecule has 0 bridgehead atoms. The first-order valence-corrected chi connectivity index (χ1v) is 19.9. The largest absolute Gasteiger partial charge is 0.368 e. The van der Waals surface area contributed by atoms with Crippen LogP contribution in [-0.4, -0.2) is 83.2 Å². The van der Waals surface area contributed by atoms with Crippen LogP contribution >= 0.6 is 0 Å². The minimum absolute atomic E-state index is 0.0832. The number of para-hydroxylation sites is 1. The van der Waals surface area contributed by atoms with Gasteiger partial charge < -0.3 is 9.80 Å². The quantitative estimate of drug-likeness (QED) is 0.175. The molecular formula is C40H39N5O5S2. The van der Waals surface area contributed by atoms with Gasteiger partial charge in [-0.2, -0.15) is 4.31 Å². The van der Waals surface area contributed by atoms with Crippen LogP contribution in [0.5, 0.6) is 0 Å². The Morgan fingerprint density at radius 2 is 1.27 bits per heavy atom. The van der Waals surface area contributed by atoms with Gasteiger partial charge in [0.05, 0.1) is 15.5 Å². The number of likely N-dealkylation sites (N-methyl/N-ethyl adjacent to an activating group) is 1. The second-order valence-electron chi connectivity index (χ2n) is 12.9. The summed E-state index contributed by atoms with van der Waals surface area (Å²) in [5.41, 5.74) is 2.19. The maximum atomic E-state index is 14.4. The van der Waals surface area contributed by atoms with Gasteiger partial charge in [-0.05, 0) is 59.8 Å². The lowest BCUT2D eigenvalue weighted by Crippen LogP contribution is -2.56. The molecule has 1 saturated heterocycles. The molecule has 0 radical (unpaired) electrons. The number of hydrogen-bond donors (Lipinski definition) is 0. The molecule has 5 aromatic carbocycles. The summed E-state index contributed by atoms with van der Waals surface area (Å²) in [7, 11) is -5.10. The van der Waals surface area contributed by atoms with E-state index >= 15 is 0 Å². The number of piperazine rings is 1. The average Bonchev–Trinajstić information content (AvgIpc) is 3.19. The van der Waals surface area contributed by atoms with Crippen molar-refractivity contribution in [1.29, 1.82) is 0 Å². The van der Waals surface area contributed by atoms with Crippen molar-refractivity contribution in [3.63, 3.8) is 0 Å². The summed E-state index contributed by atoms with van der Waals surface area (Å²) in [5.74, 6) is -0.291. The molecule has 266 valence electrons. The monoisotopic (exact) mass is 733 g/mol. The Morgan fingerprint density at radius 1 is 0.673 bits per heavy atom. The molecule has 2 heterocycles. The van der Waals surface area contributed by atoms with Crippen LogP contribution in [0.4, 0.5) is 11.4 Å². The number of nitrogens with zero attached hydrogens (tertiary/aromatic N) is 5. The standard InChI is InChI=1S/C40H39N5O5S2/c1-42(51(47,48)38-16-8-11-31-10-6-7-15-35(31)38)33-20-18-30(19-21-33)28-37(40(46)45-26-24-44(25-27-45)34-13-4-3-5-14-34)43(2)52(49,50)39-17-9-12-32-29-41-23-22-36(32)39/h3-23,29,37H,24-28H2,1-2H3/t37-/m0/s1. The maximum absolute atomic E-state index is 14.4. The Bertz CT molecular complexity index is 2440. The van der Waals surface area contributed by atoms with Crippen molar-refractivity contribution < 1.29 is 21.6 Å². The van der Waals surface area contributed by atoms with Crippen LogP contribution in [0.1, 0.15) is 5.56 Å². The highest BCUT2D eigenvalue weighted by atomic mass is 32.2. The van der Waals surface area contributed by atoms with Gasteiger partial charge in [0.1, 0.15) is 6.04 Å². The van der Waals surface area contributed by atoms with E-state index in [2.05, 4.69) is 9.88 Å². The predicted molar refractivity (Wildman–Crippen MR) is 205 cm³/mol. The summed E-state index contributed by atoms with van der Waals surface area (Å²) in [6.07, 6.45) is 3.25. The minimum Gasteiger partial charge on any atom is -0.368 e. The van der Waals surface area contributed by atoms with E-state index in [9.17, 15) is 21.6 Å². The van der Waals surface area contributed by atoms with Gasteiger partial charge in [-0.25, -0.2) is 16.8 Å². The number of aromatic nitrogens is 1. The van der Waals surface area contributed by atoms with Gasteiger partial charge in [0, 0.05) is 74.5 Å². The smallest absolute Gasteiger partial charge is 0.264 e. The zero-order valence-electron chi connectivity index (χ0n) is 28.9. The van der Waals surface area contributed by atoms with Crippen LogP contribution in [0.25, 0.3) is 21.5 Å². The molecule has 1 amide bonds. The molecule has 0 saturated carbocycles. The SMILES string of the molecule is CN(c1ccc(C[C@@H](C(=O)N2CCN(c3ccccc3)CC2)N(C)S(=O)(=O)c2cccc3cnccc23)cc1)S(=O)(=O)c1cccc2ccccc12. The first-order chi connectivity index (χ1) is 25.1. The zero-order chi connectivity index (χ0) is 36.5. The molecule has 1 aliphatic heterocycles. The van der Waals surface area contributed by atoms with Crippen LogP contribution in [-0.2, 0) is 31.3 Å². The van der Waals surface area contributed by atoms with Crippen molar-refractivity contribution in [3.8, 4) is 0 Å². The number of rotatable bonds is 10. The summed E-state index contributed by atoms with van der Waals surface area (Å²) >= 11 is 0. The van der Waals surface area contributed by atoms with E-state index in [1.807, 2.05) is 54.6 Å². The van der Waals surface area contributed by atoms with Gasteiger partial charge in [0.2, 0.25) is 15.9 Å². The molecule has 1 fully saturated rings. The minimum atomic E-state index is -4.15. The van der Waals surface area contributed by atoms with E-state index in [1.165, 1.54) is 22.7 Å². The first-order valence-electron chi connectivity index (χ1n) is 17.0. The van der Waals surface area contributed by atoms with E-state index in [1.54, 1.807) is 84.0 Å². The molecule has 6 aromatic rings. The number of carbonyl (C=O) groups excluding carboxylic acids is 1. The number of anilines is 2. The lowest BCUT2D eigenvalue weighted by Gasteiger charge is -2.39. The van der Waals surface area contributed by atoms with Gasteiger partial charge in [-0.3, -0.25) is 14.1 Å². The predicted octanol–water partition coefficient (Wildman–Crippen LogP) is 5.79. The summed E-state index contributed by atoms with van der Waals surface area (Å²) < 4.78 is 58.7. The molecule has 0 spiro atoms. The highest BCUT2D eigenvalue weighted by Crippen LogP contribution is 2.30. The molecule has 1 aliphatic rings. The van der Waals surface area contributed by atoms with Crippen molar-refractivity contribution in [2.45, 2.75) is 22.3 Å². The van der Waals surface area contributed by atoms with Gasteiger partial charge in [0.15, 0.2) is 0 Å². The third-order valence-corrected chi connectivity index (χ3v) is 13.6. The number of carbonyl (C=O) groups is 1.